The molecule has 0 saturated carbocycles. The summed E-state index contributed by atoms with van der Waals surface area (Å²) in [6.45, 7) is 0.626. The first-order valence-corrected chi connectivity index (χ1v) is 11.2. The lowest BCUT2D eigenvalue weighted by atomic mass is 10.1. The van der Waals surface area contributed by atoms with Crippen LogP contribution in [0.1, 0.15) is 11.1 Å². The number of rotatable bonds is 7. The molecule has 0 radical (unpaired) electrons. The fraction of sp³-hybridized carbons (Fsp3) is 0.160. The largest absolute Gasteiger partial charge is 0.377 e. The summed E-state index contributed by atoms with van der Waals surface area (Å²) in [5.41, 5.74) is 5.33. The third-order valence-corrected chi connectivity index (χ3v) is 6.34. The number of benzene rings is 3. The Bertz CT molecular complexity index is 1140. The highest BCUT2D eigenvalue weighted by atomic mass is 32.2. The van der Waals surface area contributed by atoms with Gasteiger partial charge in [0, 0.05) is 19.8 Å². The summed E-state index contributed by atoms with van der Waals surface area (Å²) in [4.78, 5) is 6.66. The molecule has 0 aliphatic rings. The molecule has 4 nitrogen and oxygen atoms in total. The highest BCUT2D eigenvalue weighted by Gasteiger charge is 2.19. The lowest BCUT2D eigenvalue weighted by molar-refractivity contribution is 0.651. The summed E-state index contributed by atoms with van der Waals surface area (Å²) >= 11 is 0. The minimum Gasteiger partial charge on any atom is -0.377 e. The van der Waals surface area contributed by atoms with Crippen LogP contribution in [-0.2, 0) is 23.1 Å². The van der Waals surface area contributed by atoms with Crippen LogP contribution in [0.25, 0.3) is 11.3 Å². The van der Waals surface area contributed by atoms with Crippen molar-refractivity contribution in [1.82, 2.24) is 9.55 Å². The molecule has 1 aromatic heterocycles. The maximum Gasteiger partial charge on any atom is 0.200 e. The molecular weight excluding hydrogens is 390 g/mol. The van der Waals surface area contributed by atoms with Gasteiger partial charge in [0.25, 0.3) is 0 Å². The molecule has 0 aliphatic carbocycles. The molecule has 1 atom stereocenters. The number of imidazole rings is 1. The van der Waals surface area contributed by atoms with Crippen LogP contribution in [0.4, 0.5) is 5.69 Å². The van der Waals surface area contributed by atoms with E-state index in [-0.39, 0.29) is 0 Å². The van der Waals surface area contributed by atoms with E-state index in [0.717, 1.165) is 28.1 Å². The van der Waals surface area contributed by atoms with Crippen LogP contribution < -0.4 is 4.90 Å². The SMILES string of the molecule is CN(C)c1ccccc1CS(=O)c1ncc(-c2ccccc2)n1Cc1ccccc1. The zero-order chi connectivity index (χ0) is 20.9. The predicted octanol–water partition coefficient (Wildman–Crippen LogP) is 4.97. The Morgan fingerprint density at radius 1 is 0.867 bits per heavy atom. The van der Waals surface area contributed by atoms with Gasteiger partial charge < -0.3 is 9.47 Å². The number of anilines is 1. The average molecular weight is 416 g/mol. The van der Waals surface area contributed by atoms with Crippen molar-refractivity contribution in [2.45, 2.75) is 17.5 Å². The molecule has 4 aromatic rings. The van der Waals surface area contributed by atoms with Crippen molar-refractivity contribution in [3.8, 4) is 11.3 Å². The monoisotopic (exact) mass is 415 g/mol. The molecule has 5 heteroatoms. The smallest absolute Gasteiger partial charge is 0.200 e. The van der Waals surface area contributed by atoms with Crippen LogP contribution in [0.3, 0.4) is 0 Å². The van der Waals surface area contributed by atoms with E-state index in [4.69, 9.17) is 0 Å². The van der Waals surface area contributed by atoms with E-state index in [1.165, 1.54) is 0 Å². The minimum atomic E-state index is -1.27. The molecule has 0 amide bonds. The first-order chi connectivity index (χ1) is 14.6. The van der Waals surface area contributed by atoms with E-state index < -0.39 is 10.8 Å². The van der Waals surface area contributed by atoms with Crippen LogP contribution >= 0.6 is 0 Å². The topological polar surface area (TPSA) is 38.1 Å². The summed E-state index contributed by atoms with van der Waals surface area (Å²) in [6.07, 6.45) is 1.84. The fourth-order valence-corrected chi connectivity index (χ4v) is 4.81. The van der Waals surface area contributed by atoms with E-state index in [2.05, 4.69) is 44.8 Å². The number of hydrogen-bond acceptors (Lipinski definition) is 3. The molecule has 4 rings (SSSR count). The van der Waals surface area contributed by atoms with E-state index in [1.54, 1.807) is 0 Å². The quantitative estimate of drug-likeness (QED) is 0.428. The van der Waals surface area contributed by atoms with Crippen molar-refractivity contribution in [3.63, 3.8) is 0 Å². The van der Waals surface area contributed by atoms with Crippen LogP contribution in [0.2, 0.25) is 0 Å². The average Bonchev–Trinajstić information content (AvgIpc) is 3.19. The molecule has 0 spiro atoms. The highest BCUT2D eigenvalue weighted by Crippen LogP contribution is 2.26. The summed E-state index contributed by atoms with van der Waals surface area (Å²) in [5.74, 6) is 0.425. The Balaban J connectivity index is 1.72. The van der Waals surface area contributed by atoms with E-state index in [1.807, 2.05) is 74.9 Å². The lowest BCUT2D eigenvalue weighted by Gasteiger charge is -2.17. The molecule has 0 fully saturated rings. The number of hydrogen-bond donors (Lipinski definition) is 0. The second kappa shape index (κ2) is 9.09. The van der Waals surface area contributed by atoms with Gasteiger partial charge in [-0.1, -0.05) is 78.9 Å². The Labute approximate surface area is 180 Å². The zero-order valence-corrected chi connectivity index (χ0v) is 18.0. The first kappa shape index (κ1) is 20.1. The molecule has 152 valence electrons. The Morgan fingerprint density at radius 3 is 2.20 bits per heavy atom. The molecule has 30 heavy (non-hydrogen) atoms. The molecule has 0 saturated heterocycles. The first-order valence-electron chi connectivity index (χ1n) is 9.92. The summed E-state index contributed by atoms with van der Waals surface area (Å²) in [5, 5.41) is 0.603. The van der Waals surface area contributed by atoms with Gasteiger partial charge in [-0.15, -0.1) is 0 Å². The van der Waals surface area contributed by atoms with Gasteiger partial charge in [-0.2, -0.15) is 0 Å². The second-order valence-corrected chi connectivity index (χ2v) is 8.72. The predicted molar refractivity (Wildman–Crippen MR) is 124 cm³/mol. The van der Waals surface area contributed by atoms with Crippen molar-refractivity contribution < 1.29 is 4.21 Å². The Morgan fingerprint density at radius 2 is 1.50 bits per heavy atom. The van der Waals surface area contributed by atoms with Gasteiger partial charge in [-0.3, -0.25) is 4.21 Å². The van der Waals surface area contributed by atoms with E-state index in [0.29, 0.717) is 17.5 Å². The molecule has 1 unspecified atom stereocenters. The third-order valence-electron chi connectivity index (χ3n) is 5.04. The van der Waals surface area contributed by atoms with Gasteiger partial charge in [-0.25, -0.2) is 4.98 Å². The Kier molecular flexibility index (Phi) is 6.10. The van der Waals surface area contributed by atoms with E-state index >= 15 is 0 Å². The third kappa shape index (κ3) is 4.36. The number of aromatic nitrogens is 2. The maximum absolute atomic E-state index is 13.5. The number of para-hydroxylation sites is 1. The summed E-state index contributed by atoms with van der Waals surface area (Å²) in [7, 11) is 2.74. The number of nitrogens with zero attached hydrogens (tertiary/aromatic N) is 3. The van der Waals surface area contributed by atoms with Crippen LogP contribution in [0.15, 0.2) is 96.3 Å². The Hall–Kier alpha value is -3.18. The maximum atomic E-state index is 13.5. The second-order valence-electron chi connectivity index (χ2n) is 7.38. The summed E-state index contributed by atoms with van der Waals surface area (Å²) < 4.78 is 15.5. The van der Waals surface area contributed by atoms with Gasteiger partial charge in [0.05, 0.1) is 35.0 Å². The van der Waals surface area contributed by atoms with Gasteiger partial charge in [0.15, 0.2) is 5.16 Å². The van der Waals surface area contributed by atoms with Crippen LogP contribution in [-0.4, -0.2) is 27.9 Å². The standard InChI is InChI=1S/C25H25N3OS/c1-27(2)23-16-10-9-15-22(23)19-30(29)25-26-17-24(21-13-7-4-8-14-21)28(25)18-20-11-5-3-6-12-20/h3-17H,18-19H2,1-2H3. The molecule has 1 heterocycles. The van der Waals surface area contributed by atoms with Crippen molar-refractivity contribution in [1.29, 1.82) is 0 Å². The molecule has 0 bridgehead atoms. The van der Waals surface area contributed by atoms with Gasteiger partial charge in [0.1, 0.15) is 0 Å². The van der Waals surface area contributed by atoms with E-state index in [9.17, 15) is 4.21 Å². The van der Waals surface area contributed by atoms with Crippen molar-refractivity contribution in [2.24, 2.45) is 0 Å². The highest BCUT2D eigenvalue weighted by molar-refractivity contribution is 7.84. The van der Waals surface area contributed by atoms with Gasteiger partial charge in [-0.05, 0) is 22.8 Å². The van der Waals surface area contributed by atoms with Crippen molar-refractivity contribution in [3.05, 3.63) is 102 Å². The lowest BCUT2D eigenvalue weighted by Crippen LogP contribution is -2.14. The normalized spacial score (nSPS) is 11.9. The van der Waals surface area contributed by atoms with Crippen LogP contribution in [0.5, 0.6) is 0 Å². The van der Waals surface area contributed by atoms with Crippen molar-refractivity contribution >= 4 is 16.5 Å². The molecular formula is C25H25N3OS. The van der Waals surface area contributed by atoms with Crippen molar-refractivity contribution in [2.75, 3.05) is 19.0 Å². The zero-order valence-electron chi connectivity index (χ0n) is 17.2. The van der Waals surface area contributed by atoms with Crippen LogP contribution in [0, 0.1) is 0 Å². The van der Waals surface area contributed by atoms with Gasteiger partial charge in [0.2, 0.25) is 0 Å². The van der Waals surface area contributed by atoms with Gasteiger partial charge >= 0.3 is 0 Å². The molecule has 0 aliphatic heterocycles. The molecule has 0 N–H and O–H groups in total. The minimum absolute atomic E-state index is 0.425. The fourth-order valence-electron chi connectivity index (χ4n) is 3.57. The molecule has 3 aromatic carbocycles. The summed E-state index contributed by atoms with van der Waals surface area (Å²) in [6, 6.07) is 28.5.